The topological polar surface area (TPSA) is 77.0 Å². The molecule has 2 aromatic heterocycles. The molecule has 4 rings (SSSR count). The predicted octanol–water partition coefficient (Wildman–Crippen LogP) is 3.71. The number of fused-ring (bicyclic) bond motifs is 1. The van der Waals surface area contributed by atoms with Crippen molar-refractivity contribution >= 4 is 5.71 Å². The minimum atomic E-state index is 0.0303. The first-order valence-electron chi connectivity index (χ1n) is 9.28. The summed E-state index contributed by atoms with van der Waals surface area (Å²) in [6.07, 6.45) is 9.56. The molecule has 0 fully saturated rings. The van der Waals surface area contributed by atoms with Crippen molar-refractivity contribution in [2.75, 3.05) is 6.54 Å². The molecule has 7 heteroatoms. The van der Waals surface area contributed by atoms with Crippen LogP contribution in [-0.2, 0) is 19.9 Å². The highest BCUT2D eigenvalue weighted by atomic mass is 16.5. The van der Waals surface area contributed by atoms with E-state index in [2.05, 4.69) is 20.5 Å². The molecular formula is C19H24N6O. The molecule has 1 aliphatic heterocycles. The molecule has 0 radical (unpaired) electrons. The fourth-order valence-electron chi connectivity index (χ4n) is 3.69. The van der Waals surface area contributed by atoms with Crippen molar-refractivity contribution in [2.24, 2.45) is 22.5 Å². The SMILES string of the molecule is CC(C)Oc1nc2c(c(-c3cnn(C)c3)c1C1=NN=NC1)CCCCC2. The first kappa shape index (κ1) is 16.9. The zero-order valence-electron chi connectivity index (χ0n) is 15.6. The summed E-state index contributed by atoms with van der Waals surface area (Å²) in [5, 5.41) is 16.5. The summed E-state index contributed by atoms with van der Waals surface area (Å²) in [7, 11) is 1.94. The van der Waals surface area contributed by atoms with Crippen molar-refractivity contribution in [3.05, 3.63) is 29.2 Å². The summed E-state index contributed by atoms with van der Waals surface area (Å²) in [4.78, 5) is 4.94. The highest BCUT2D eigenvalue weighted by Crippen LogP contribution is 2.38. The lowest BCUT2D eigenvalue weighted by molar-refractivity contribution is 0.231. The van der Waals surface area contributed by atoms with Gasteiger partial charge in [0, 0.05) is 30.1 Å². The van der Waals surface area contributed by atoms with Crippen LogP contribution >= 0.6 is 0 Å². The average molecular weight is 352 g/mol. The molecule has 2 aromatic rings. The van der Waals surface area contributed by atoms with E-state index in [0.29, 0.717) is 12.4 Å². The van der Waals surface area contributed by atoms with E-state index in [1.165, 1.54) is 24.8 Å². The van der Waals surface area contributed by atoms with Gasteiger partial charge in [0.15, 0.2) is 0 Å². The second-order valence-corrected chi connectivity index (χ2v) is 7.16. The summed E-state index contributed by atoms with van der Waals surface area (Å²) in [5.74, 6) is 0.644. The van der Waals surface area contributed by atoms with Gasteiger partial charge in [0.2, 0.25) is 5.88 Å². The van der Waals surface area contributed by atoms with Gasteiger partial charge in [0.1, 0.15) is 12.3 Å². The summed E-state index contributed by atoms with van der Waals surface area (Å²) in [6, 6.07) is 0. The van der Waals surface area contributed by atoms with Crippen LogP contribution in [0.5, 0.6) is 5.88 Å². The van der Waals surface area contributed by atoms with E-state index in [4.69, 9.17) is 9.72 Å². The summed E-state index contributed by atoms with van der Waals surface area (Å²) < 4.78 is 7.96. The van der Waals surface area contributed by atoms with E-state index in [1.54, 1.807) is 0 Å². The molecule has 0 atom stereocenters. The standard InChI is InChI=1S/C19H24N6O/c1-12(2)26-19-18(16-10-20-24-23-16)17(13-9-21-25(3)11-13)14-7-5-4-6-8-15(14)22-19/h9,11-12H,4-8,10H2,1-3H3. The van der Waals surface area contributed by atoms with Gasteiger partial charge in [-0.15, -0.1) is 5.10 Å². The molecule has 0 saturated carbocycles. The average Bonchev–Trinajstić information content (AvgIpc) is 3.21. The van der Waals surface area contributed by atoms with Crippen molar-refractivity contribution < 1.29 is 4.74 Å². The quantitative estimate of drug-likeness (QED) is 0.787. The Morgan fingerprint density at radius 3 is 2.65 bits per heavy atom. The minimum absolute atomic E-state index is 0.0303. The lowest BCUT2D eigenvalue weighted by atomic mass is 9.91. The number of hydrogen-bond donors (Lipinski definition) is 0. The Bertz CT molecular complexity index is 880. The Labute approximate surface area is 153 Å². The second kappa shape index (κ2) is 6.97. The Morgan fingerprint density at radius 1 is 1.12 bits per heavy atom. The second-order valence-electron chi connectivity index (χ2n) is 7.16. The maximum Gasteiger partial charge on any atom is 0.223 e. The molecule has 26 heavy (non-hydrogen) atoms. The molecule has 0 bridgehead atoms. The number of pyridine rings is 1. The predicted molar refractivity (Wildman–Crippen MR) is 99.7 cm³/mol. The van der Waals surface area contributed by atoms with Gasteiger partial charge in [-0.3, -0.25) is 4.68 Å². The van der Waals surface area contributed by atoms with Gasteiger partial charge in [0.05, 0.1) is 17.9 Å². The fourth-order valence-corrected chi connectivity index (χ4v) is 3.69. The van der Waals surface area contributed by atoms with E-state index in [-0.39, 0.29) is 6.10 Å². The summed E-state index contributed by atoms with van der Waals surface area (Å²) in [5.41, 5.74) is 6.42. The van der Waals surface area contributed by atoms with Gasteiger partial charge in [-0.1, -0.05) is 6.42 Å². The fraction of sp³-hybridized carbons (Fsp3) is 0.526. The Morgan fingerprint density at radius 2 is 1.96 bits per heavy atom. The van der Waals surface area contributed by atoms with Gasteiger partial charge in [-0.05, 0) is 50.3 Å². The third kappa shape index (κ3) is 3.13. The van der Waals surface area contributed by atoms with Crippen molar-refractivity contribution in [1.82, 2.24) is 14.8 Å². The van der Waals surface area contributed by atoms with E-state index in [9.17, 15) is 0 Å². The number of rotatable bonds is 4. The minimum Gasteiger partial charge on any atom is -0.474 e. The largest absolute Gasteiger partial charge is 0.474 e. The monoisotopic (exact) mass is 352 g/mol. The lowest BCUT2D eigenvalue weighted by Gasteiger charge is -2.21. The van der Waals surface area contributed by atoms with Crippen molar-refractivity contribution in [1.29, 1.82) is 0 Å². The van der Waals surface area contributed by atoms with Crippen molar-refractivity contribution in [3.63, 3.8) is 0 Å². The highest BCUT2D eigenvalue weighted by molar-refractivity contribution is 6.10. The van der Waals surface area contributed by atoms with Crippen LogP contribution in [-0.4, -0.2) is 33.1 Å². The Kier molecular flexibility index (Phi) is 4.53. The van der Waals surface area contributed by atoms with Crippen LogP contribution in [0, 0.1) is 0 Å². The van der Waals surface area contributed by atoms with Crippen LogP contribution in [0.15, 0.2) is 27.8 Å². The van der Waals surface area contributed by atoms with Gasteiger partial charge >= 0.3 is 0 Å². The zero-order valence-corrected chi connectivity index (χ0v) is 15.6. The van der Waals surface area contributed by atoms with Crippen LogP contribution in [0.2, 0.25) is 0 Å². The molecule has 2 aliphatic rings. The van der Waals surface area contributed by atoms with Crippen LogP contribution in [0.1, 0.15) is 49.9 Å². The Balaban J connectivity index is 2.00. The number of aryl methyl sites for hydroxylation is 2. The first-order valence-corrected chi connectivity index (χ1v) is 9.28. The molecule has 0 unspecified atom stereocenters. The normalized spacial score (nSPS) is 16.5. The van der Waals surface area contributed by atoms with Gasteiger partial charge in [-0.2, -0.15) is 10.2 Å². The maximum atomic E-state index is 6.13. The molecule has 0 saturated heterocycles. The van der Waals surface area contributed by atoms with Crippen LogP contribution in [0.4, 0.5) is 0 Å². The van der Waals surface area contributed by atoms with Gasteiger partial charge < -0.3 is 4.74 Å². The van der Waals surface area contributed by atoms with Crippen molar-refractivity contribution in [3.8, 4) is 17.0 Å². The third-order valence-electron chi connectivity index (χ3n) is 4.77. The van der Waals surface area contributed by atoms with Gasteiger partial charge in [0.25, 0.3) is 0 Å². The molecule has 136 valence electrons. The van der Waals surface area contributed by atoms with Gasteiger partial charge in [-0.25, -0.2) is 4.98 Å². The number of aromatic nitrogens is 3. The zero-order chi connectivity index (χ0) is 18.1. The highest BCUT2D eigenvalue weighted by Gasteiger charge is 2.28. The smallest absolute Gasteiger partial charge is 0.223 e. The maximum absolute atomic E-state index is 6.13. The van der Waals surface area contributed by atoms with E-state index < -0.39 is 0 Å². The molecule has 3 heterocycles. The number of hydrogen-bond acceptors (Lipinski definition) is 6. The van der Waals surface area contributed by atoms with E-state index in [0.717, 1.165) is 40.9 Å². The molecule has 0 amide bonds. The lowest BCUT2D eigenvalue weighted by Crippen LogP contribution is -2.17. The molecular weight excluding hydrogens is 328 g/mol. The van der Waals surface area contributed by atoms with Crippen LogP contribution in [0.25, 0.3) is 11.1 Å². The molecule has 1 aliphatic carbocycles. The molecule has 0 spiro atoms. The molecule has 0 aromatic carbocycles. The summed E-state index contributed by atoms with van der Waals surface area (Å²) in [6.45, 7) is 4.50. The van der Waals surface area contributed by atoms with E-state index >= 15 is 0 Å². The third-order valence-corrected chi connectivity index (χ3v) is 4.77. The van der Waals surface area contributed by atoms with Crippen LogP contribution < -0.4 is 4.74 Å². The van der Waals surface area contributed by atoms with Crippen LogP contribution in [0.3, 0.4) is 0 Å². The Hall–Kier alpha value is -2.57. The van der Waals surface area contributed by atoms with E-state index in [1.807, 2.05) is 38.0 Å². The molecule has 7 nitrogen and oxygen atoms in total. The number of ether oxygens (including phenoxy) is 1. The van der Waals surface area contributed by atoms with Crippen molar-refractivity contribution in [2.45, 2.75) is 52.1 Å². The first-order chi connectivity index (χ1) is 12.6. The molecule has 0 N–H and O–H groups in total. The summed E-state index contributed by atoms with van der Waals surface area (Å²) >= 11 is 0. The number of nitrogens with zero attached hydrogens (tertiary/aromatic N) is 6.